The Labute approximate surface area is 162 Å². The van der Waals surface area contributed by atoms with Crippen LogP contribution in [0, 0.1) is 5.82 Å². The van der Waals surface area contributed by atoms with Gasteiger partial charge in [0.25, 0.3) is 0 Å². The third-order valence-electron chi connectivity index (χ3n) is 4.14. The summed E-state index contributed by atoms with van der Waals surface area (Å²) in [4.78, 5) is 18.2. The fourth-order valence-corrected chi connectivity index (χ4v) is 2.78. The van der Waals surface area contributed by atoms with Crippen LogP contribution in [0.5, 0.6) is 0 Å². The van der Waals surface area contributed by atoms with Gasteiger partial charge in [-0.2, -0.15) is 0 Å². The molecular weight excluding hydrogens is 361 g/mol. The molecular formula is C22H22FNO4. The number of benzene rings is 2. The zero-order valence-corrected chi connectivity index (χ0v) is 15.2. The van der Waals surface area contributed by atoms with Gasteiger partial charge in [-0.15, -0.1) is 0 Å². The van der Waals surface area contributed by atoms with Crippen molar-refractivity contribution in [3.63, 3.8) is 0 Å². The van der Waals surface area contributed by atoms with Gasteiger partial charge in [-0.05, 0) is 30.0 Å². The van der Waals surface area contributed by atoms with Crippen molar-refractivity contribution in [1.29, 1.82) is 0 Å². The molecule has 1 atom stereocenters. The van der Waals surface area contributed by atoms with Crippen molar-refractivity contribution in [2.75, 3.05) is 6.54 Å². The molecule has 0 radical (unpaired) electrons. The summed E-state index contributed by atoms with van der Waals surface area (Å²) in [6, 6.07) is 17.8. The maximum atomic E-state index is 13.6. The van der Waals surface area contributed by atoms with Crippen molar-refractivity contribution in [2.24, 2.45) is 0 Å². The highest BCUT2D eigenvalue weighted by atomic mass is 19.1. The van der Waals surface area contributed by atoms with E-state index in [0.717, 1.165) is 19.4 Å². The number of carboxylic acid groups (broad SMARTS) is 2. The van der Waals surface area contributed by atoms with E-state index < -0.39 is 11.9 Å². The van der Waals surface area contributed by atoms with E-state index in [1.807, 2.05) is 24.3 Å². The first-order valence-electron chi connectivity index (χ1n) is 8.81. The van der Waals surface area contributed by atoms with Gasteiger partial charge in [0.2, 0.25) is 0 Å². The largest absolute Gasteiger partial charge is 0.473 e. The van der Waals surface area contributed by atoms with Gasteiger partial charge in [0, 0.05) is 18.2 Å². The molecule has 146 valence electrons. The first kappa shape index (κ1) is 21.1. The molecule has 2 aromatic carbocycles. The maximum absolute atomic E-state index is 13.6. The molecule has 1 aliphatic heterocycles. The van der Waals surface area contributed by atoms with Crippen LogP contribution >= 0.6 is 0 Å². The fraction of sp³-hybridized carbons (Fsp3) is 0.182. The third-order valence-corrected chi connectivity index (χ3v) is 4.14. The van der Waals surface area contributed by atoms with Crippen molar-refractivity contribution >= 4 is 18.0 Å². The molecule has 2 aromatic rings. The van der Waals surface area contributed by atoms with Crippen molar-refractivity contribution < 1.29 is 24.2 Å². The Balaban J connectivity index is 0.000000409. The second kappa shape index (κ2) is 10.8. The average molecular weight is 383 g/mol. The Bertz CT molecular complexity index is 850. The number of halogens is 1. The van der Waals surface area contributed by atoms with Crippen LogP contribution in [0.3, 0.4) is 0 Å². The highest BCUT2D eigenvalue weighted by Gasteiger charge is 2.13. The Hall–Kier alpha value is -3.25. The minimum atomic E-state index is -1.82. The molecule has 1 aliphatic rings. The fourth-order valence-electron chi connectivity index (χ4n) is 2.78. The number of allylic oxidation sites excluding steroid dienone is 1. The van der Waals surface area contributed by atoms with Gasteiger partial charge in [0.05, 0.1) is 0 Å². The molecule has 6 heteroatoms. The van der Waals surface area contributed by atoms with Crippen LogP contribution in [0.25, 0.3) is 6.08 Å². The number of hydrogen-bond donors (Lipinski definition) is 3. The lowest BCUT2D eigenvalue weighted by Crippen LogP contribution is -2.34. The van der Waals surface area contributed by atoms with E-state index in [1.54, 1.807) is 12.1 Å². The molecule has 0 saturated heterocycles. The van der Waals surface area contributed by atoms with Crippen LogP contribution in [0.15, 0.2) is 72.3 Å². The summed E-state index contributed by atoms with van der Waals surface area (Å²) in [5.74, 6) is -3.82. The highest BCUT2D eigenvalue weighted by molar-refractivity contribution is 6.27. The zero-order chi connectivity index (χ0) is 20.4. The van der Waals surface area contributed by atoms with Crippen molar-refractivity contribution in [2.45, 2.75) is 18.9 Å². The van der Waals surface area contributed by atoms with E-state index >= 15 is 0 Å². The number of carboxylic acids is 2. The van der Waals surface area contributed by atoms with Crippen molar-refractivity contribution in [1.82, 2.24) is 5.32 Å². The molecule has 0 bridgehead atoms. The molecule has 3 N–H and O–H groups in total. The molecule has 0 aliphatic carbocycles. The second-order valence-corrected chi connectivity index (χ2v) is 6.24. The summed E-state index contributed by atoms with van der Waals surface area (Å²) in [5.41, 5.74) is 3.25. The summed E-state index contributed by atoms with van der Waals surface area (Å²) in [6.07, 6.45) is 8.08. The number of nitrogens with one attached hydrogen (secondary N) is 1. The molecule has 0 amide bonds. The van der Waals surface area contributed by atoms with Gasteiger partial charge in [0.1, 0.15) is 5.82 Å². The second-order valence-electron chi connectivity index (χ2n) is 6.24. The van der Waals surface area contributed by atoms with Gasteiger partial charge < -0.3 is 15.5 Å². The van der Waals surface area contributed by atoms with Crippen LogP contribution in [-0.4, -0.2) is 34.7 Å². The van der Waals surface area contributed by atoms with E-state index in [9.17, 15) is 4.39 Å². The Morgan fingerprint density at radius 3 is 2.29 bits per heavy atom. The van der Waals surface area contributed by atoms with Gasteiger partial charge >= 0.3 is 11.9 Å². The molecule has 5 nitrogen and oxygen atoms in total. The van der Waals surface area contributed by atoms with Crippen LogP contribution in [0.4, 0.5) is 4.39 Å². The van der Waals surface area contributed by atoms with Gasteiger partial charge in [-0.1, -0.05) is 66.8 Å². The predicted octanol–water partition coefficient (Wildman–Crippen LogP) is 3.53. The topological polar surface area (TPSA) is 86.6 Å². The molecule has 3 rings (SSSR count). The number of carbonyl (C=O) groups is 2. The molecule has 0 spiro atoms. The monoisotopic (exact) mass is 383 g/mol. The van der Waals surface area contributed by atoms with Crippen LogP contribution in [0.1, 0.15) is 17.5 Å². The van der Waals surface area contributed by atoms with Crippen molar-refractivity contribution in [3.8, 4) is 0 Å². The van der Waals surface area contributed by atoms with Gasteiger partial charge in [-0.25, -0.2) is 14.0 Å². The minimum Gasteiger partial charge on any atom is -0.473 e. The van der Waals surface area contributed by atoms with Crippen LogP contribution in [0.2, 0.25) is 0 Å². The normalized spacial score (nSPS) is 16.0. The SMILES string of the molecule is Fc1ccccc1/C=C/C1=CCNC(Cc2ccccc2)C1.O=C(O)C(=O)O. The summed E-state index contributed by atoms with van der Waals surface area (Å²) in [5, 5.41) is 18.3. The van der Waals surface area contributed by atoms with E-state index in [2.05, 4.69) is 35.7 Å². The Morgan fingerprint density at radius 2 is 1.64 bits per heavy atom. The highest BCUT2D eigenvalue weighted by Crippen LogP contribution is 2.18. The van der Waals surface area contributed by atoms with E-state index in [4.69, 9.17) is 19.8 Å². The van der Waals surface area contributed by atoms with Gasteiger partial charge in [0.15, 0.2) is 0 Å². The maximum Gasteiger partial charge on any atom is 0.414 e. The summed E-state index contributed by atoms with van der Waals surface area (Å²) < 4.78 is 13.6. The van der Waals surface area contributed by atoms with E-state index in [1.165, 1.54) is 17.2 Å². The number of hydrogen-bond acceptors (Lipinski definition) is 3. The molecule has 28 heavy (non-hydrogen) atoms. The molecule has 1 heterocycles. The Morgan fingerprint density at radius 1 is 1.00 bits per heavy atom. The third kappa shape index (κ3) is 7.17. The number of aliphatic carboxylic acids is 2. The van der Waals surface area contributed by atoms with Crippen LogP contribution < -0.4 is 5.32 Å². The minimum absolute atomic E-state index is 0.172. The van der Waals surface area contributed by atoms with Crippen LogP contribution in [-0.2, 0) is 16.0 Å². The quantitative estimate of drug-likeness (QED) is 0.703. The van der Waals surface area contributed by atoms with E-state index in [0.29, 0.717) is 11.6 Å². The van der Waals surface area contributed by atoms with E-state index in [-0.39, 0.29) is 5.82 Å². The predicted molar refractivity (Wildman–Crippen MR) is 105 cm³/mol. The Kier molecular flexibility index (Phi) is 8.11. The first-order valence-corrected chi connectivity index (χ1v) is 8.81. The first-order chi connectivity index (χ1) is 13.5. The van der Waals surface area contributed by atoms with Gasteiger partial charge in [-0.3, -0.25) is 0 Å². The molecule has 0 saturated carbocycles. The zero-order valence-electron chi connectivity index (χ0n) is 15.2. The summed E-state index contributed by atoms with van der Waals surface area (Å²) in [7, 11) is 0. The smallest absolute Gasteiger partial charge is 0.414 e. The summed E-state index contributed by atoms with van der Waals surface area (Å²) in [6.45, 7) is 0.869. The standard InChI is InChI=1S/C20H20FN.C2H2O4/c21-20-9-5-4-8-18(20)11-10-17-12-13-22-19(15-17)14-16-6-2-1-3-7-16;3-1(4)2(5)6/h1-12,19,22H,13-15H2;(H,3,4)(H,5,6)/b11-10+;. The molecule has 0 aromatic heterocycles. The lowest BCUT2D eigenvalue weighted by Gasteiger charge is -2.23. The number of rotatable bonds is 4. The average Bonchev–Trinajstić information content (AvgIpc) is 2.69. The molecule has 1 unspecified atom stereocenters. The lowest BCUT2D eigenvalue weighted by atomic mass is 9.95. The molecule has 0 fully saturated rings. The lowest BCUT2D eigenvalue weighted by molar-refractivity contribution is -0.159. The summed E-state index contributed by atoms with van der Waals surface area (Å²) >= 11 is 0. The van der Waals surface area contributed by atoms with Crippen molar-refractivity contribution in [3.05, 3.63) is 89.3 Å².